The van der Waals surface area contributed by atoms with Crippen molar-refractivity contribution in [3.63, 3.8) is 0 Å². The molecular weight excluding hydrogens is 278 g/mol. The molecule has 0 aromatic rings. The number of alkyl carbamates (subject to hydrolysis) is 1. The fourth-order valence-electron chi connectivity index (χ4n) is 0.553. The third-order valence-electron chi connectivity index (χ3n) is 1.55. The number of carbonyl (C=O) groups excluding carboxylic acids is 1. The highest BCUT2D eigenvalue weighted by Gasteiger charge is 2.50. The van der Waals surface area contributed by atoms with Gasteiger partial charge in [-0.05, 0) is 20.3 Å². The molecule has 18 heavy (non-hydrogen) atoms. The number of hydrogen-bond acceptors (Lipinski definition) is 3. The second kappa shape index (κ2) is 8.34. The van der Waals surface area contributed by atoms with E-state index in [-0.39, 0.29) is 0 Å². The highest BCUT2D eigenvalue weighted by molar-refractivity contribution is 7.30. The zero-order valence-electron chi connectivity index (χ0n) is 10.2. The summed E-state index contributed by atoms with van der Waals surface area (Å²) in [6.07, 6.45) is -4.97. The normalized spacial score (nSPS) is 11.6. The van der Waals surface area contributed by atoms with Crippen molar-refractivity contribution in [2.24, 2.45) is 0 Å². The topological polar surface area (TPSA) is 95.9 Å². The molecule has 0 aromatic heterocycles. The maximum atomic E-state index is 12.2. The molecule has 110 valence electrons. The van der Waals surface area contributed by atoms with Crippen molar-refractivity contribution in [2.75, 3.05) is 6.54 Å². The number of rotatable bonds is 3. The number of ether oxygens (including phenoxy) is 1. The second-order valence-corrected chi connectivity index (χ2v) is 4.17. The lowest BCUT2D eigenvalue weighted by Gasteiger charge is -2.27. The van der Waals surface area contributed by atoms with Gasteiger partial charge in [0.1, 0.15) is 0 Å². The van der Waals surface area contributed by atoms with Crippen LogP contribution in [-0.2, 0) is 9.30 Å². The first-order valence-corrected chi connectivity index (χ1v) is 6.19. The third-order valence-corrected chi connectivity index (χ3v) is 1.55. The first-order chi connectivity index (χ1) is 7.94. The Morgan fingerprint density at radius 3 is 2.00 bits per heavy atom. The predicted molar refractivity (Wildman–Crippen MR) is 58.3 cm³/mol. The standard InChI is InChI=1S/C8H14F3NO2.H3O3P/c1-4-5-12-6(13)14-7(2,3)8(9,10)11;1-4(2)3/h4-5H2,1-3H3,(H,12,13);4H,(H2,1,2,3). The minimum absolute atomic E-state index is 0.298. The molecule has 0 aliphatic carbocycles. The van der Waals surface area contributed by atoms with Crippen LogP contribution in [0.15, 0.2) is 0 Å². The largest absolute Gasteiger partial charge is 0.434 e. The molecule has 0 saturated carbocycles. The summed E-state index contributed by atoms with van der Waals surface area (Å²) in [5.74, 6) is 0. The van der Waals surface area contributed by atoms with Crippen molar-refractivity contribution < 1.29 is 37.1 Å². The van der Waals surface area contributed by atoms with Gasteiger partial charge in [-0.2, -0.15) is 13.2 Å². The fraction of sp³-hybridized carbons (Fsp3) is 0.875. The van der Waals surface area contributed by atoms with E-state index in [2.05, 4.69) is 10.1 Å². The second-order valence-electron chi connectivity index (χ2n) is 3.61. The summed E-state index contributed by atoms with van der Waals surface area (Å²) in [7, 11) is -3.13. The Labute approximate surface area is 103 Å². The Bertz CT molecular complexity index is 278. The lowest BCUT2D eigenvalue weighted by molar-refractivity contribution is -0.243. The number of halogens is 3. The summed E-state index contributed by atoms with van der Waals surface area (Å²) in [6, 6.07) is 0. The first kappa shape index (κ1) is 19.5. The molecule has 0 atom stereocenters. The van der Waals surface area contributed by atoms with Gasteiger partial charge in [0.2, 0.25) is 5.60 Å². The van der Waals surface area contributed by atoms with E-state index in [4.69, 9.17) is 14.4 Å². The molecule has 0 aromatic carbocycles. The van der Waals surface area contributed by atoms with Gasteiger partial charge in [0.15, 0.2) is 0 Å². The zero-order chi connectivity index (χ0) is 15.0. The maximum absolute atomic E-state index is 12.2. The van der Waals surface area contributed by atoms with Gasteiger partial charge >= 0.3 is 20.5 Å². The summed E-state index contributed by atoms with van der Waals surface area (Å²) >= 11 is 0. The van der Waals surface area contributed by atoms with Gasteiger partial charge in [-0.1, -0.05) is 6.92 Å². The van der Waals surface area contributed by atoms with Crippen LogP contribution in [0.4, 0.5) is 18.0 Å². The van der Waals surface area contributed by atoms with E-state index in [0.29, 0.717) is 13.0 Å². The Morgan fingerprint density at radius 1 is 1.33 bits per heavy atom. The van der Waals surface area contributed by atoms with Crippen LogP contribution in [0.3, 0.4) is 0 Å². The number of hydrogen-bond donors (Lipinski definition) is 3. The lowest BCUT2D eigenvalue weighted by atomic mass is 10.1. The SMILES string of the molecule is CCCNC(=O)OC(C)(C)C(F)(F)F.O=[PH](O)O. The van der Waals surface area contributed by atoms with Crippen LogP contribution in [0.1, 0.15) is 27.2 Å². The molecular formula is C8H17F3NO5P. The van der Waals surface area contributed by atoms with E-state index >= 15 is 0 Å². The Hall–Kier alpha value is -0.790. The van der Waals surface area contributed by atoms with Gasteiger partial charge in [0, 0.05) is 6.54 Å². The number of amides is 1. The van der Waals surface area contributed by atoms with Crippen LogP contribution in [0.25, 0.3) is 0 Å². The minimum atomic E-state index is -4.56. The maximum Gasteiger partial charge on any atom is 0.427 e. The molecule has 3 N–H and O–H groups in total. The number of nitrogens with one attached hydrogen (secondary N) is 1. The smallest absolute Gasteiger partial charge is 0.427 e. The monoisotopic (exact) mass is 295 g/mol. The van der Waals surface area contributed by atoms with Crippen molar-refractivity contribution in [1.82, 2.24) is 5.32 Å². The molecule has 10 heteroatoms. The van der Waals surface area contributed by atoms with E-state index in [9.17, 15) is 18.0 Å². The van der Waals surface area contributed by atoms with Gasteiger partial charge in [-0.25, -0.2) is 4.79 Å². The van der Waals surface area contributed by atoms with E-state index in [0.717, 1.165) is 13.8 Å². The van der Waals surface area contributed by atoms with Gasteiger partial charge < -0.3 is 19.8 Å². The molecule has 0 saturated heterocycles. The van der Waals surface area contributed by atoms with Crippen LogP contribution >= 0.6 is 8.25 Å². The Balaban J connectivity index is 0. The van der Waals surface area contributed by atoms with Crippen molar-refractivity contribution >= 4 is 14.3 Å². The van der Waals surface area contributed by atoms with Crippen molar-refractivity contribution in [3.8, 4) is 0 Å². The average Bonchev–Trinajstić information content (AvgIpc) is 2.11. The van der Waals surface area contributed by atoms with Gasteiger partial charge in [0.25, 0.3) is 0 Å². The molecule has 0 fully saturated rings. The summed E-state index contributed by atoms with van der Waals surface area (Å²) in [4.78, 5) is 25.1. The number of alkyl halides is 3. The Kier molecular flexibility index (Phi) is 9.05. The molecule has 0 radical (unpaired) electrons. The zero-order valence-corrected chi connectivity index (χ0v) is 11.2. The molecule has 0 heterocycles. The first-order valence-electron chi connectivity index (χ1n) is 4.89. The van der Waals surface area contributed by atoms with Crippen LogP contribution in [0.5, 0.6) is 0 Å². The molecule has 0 spiro atoms. The summed E-state index contributed by atoms with van der Waals surface area (Å²) in [5.41, 5.74) is -2.45. The quantitative estimate of drug-likeness (QED) is 0.690. The predicted octanol–water partition coefficient (Wildman–Crippen LogP) is 1.82. The number of carbonyl (C=O) groups is 1. The van der Waals surface area contributed by atoms with E-state index in [1.807, 2.05) is 0 Å². The average molecular weight is 295 g/mol. The highest BCUT2D eigenvalue weighted by Crippen LogP contribution is 2.32. The van der Waals surface area contributed by atoms with Gasteiger partial charge in [-0.3, -0.25) is 4.57 Å². The Morgan fingerprint density at radius 2 is 1.72 bits per heavy atom. The van der Waals surface area contributed by atoms with Crippen LogP contribution in [-0.4, -0.2) is 34.2 Å². The van der Waals surface area contributed by atoms with E-state index in [1.165, 1.54) is 0 Å². The van der Waals surface area contributed by atoms with E-state index < -0.39 is 26.1 Å². The minimum Gasteiger partial charge on any atom is -0.434 e. The van der Waals surface area contributed by atoms with Crippen LogP contribution in [0.2, 0.25) is 0 Å². The molecule has 0 unspecified atom stereocenters. The molecule has 0 aliphatic rings. The van der Waals surface area contributed by atoms with Gasteiger partial charge in [0.05, 0.1) is 0 Å². The van der Waals surface area contributed by atoms with Crippen LogP contribution in [0, 0.1) is 0 Å². The molecule has 0 rings (SSSR count). The molecule has 0 bridgehead atoms. The highest BCUT2D eigenvalue weighted by atomic mass is 31.1. The molecule has 6 nitrogen and oxygen atoms in total. The molecule has 0 aliphatic heterocycles. The summed E-state index contributed by atoms with van der Waals surface area (Å²) < 4.78 is 49.6. The van der Waals surface area contributed by atoms with Crippen molar-refractivity contribution in [1.29, 1.82) is 0 Å². The third kappa shape index (κ3) is 10.4. The van der Waals surface area contributed by atoms with Crippen LogP contribution < -0.4 is 5.32 Å². The van der Waals surface area contributed by atoms with E-state index in [1.54, 1.807) is 6.92 Å². The fourth-order valence-corrected chi connectivity index (χ4v) is 0.553. The van der Waals surface area contributed by atoms with Crippen molar-refractivity contribution in [3.05, 3.63) is 0 Å². The molecule has 1 amide bonds. The van der Waals surface area contributed by atoms with Gasteiger partial charge in [-0.15, -0.1) is 0 Å². The summed E-state index contributed by atoms with van der Waals surface area (Å²) in [6.45, 7) is 3.69. The van der Waals surface area contributed by atoms with Crippen molar-refractivity contribution in [2.45, 2.75) is 39.0 Å². The summed E-state index contributed by atoms with van der Waals surface area (Å²) in [5, 5.41) is 2.20. The lowest BCUT2D eigenvalue weighted by Crippen LogP contribution is -2.45.